The van der Waals surface area contributed by atoms with E-state index in [0.717, 1.165) is 30.7 Å². The molecule has 0 aromatic heterocycles. The minimum absolute atomic E-state index is 0.00221. The largest absolute Gasteiger partial charge is 0.495 e. The molecule has 1 aliphatic carbocycles. The van der Waals surface area contributed by atoms with Crippen LogP contribution >= 0.6 is 0 Å². The average Bonchev–Trinajstić information content (AvgIpc) is 2.60. The molecular formula is C19H22N2O2. The van der Waals surface area contributed by atoms with Crippen molar-refractivity contribution in [1.82, 2.24) is 5.32 Å². The molecule has 4 heteroatoms. The normalized spacial score (nSPS) is 16.3. The van der Waals surface area contributed by atoms with Crippen molar-refractivity contribution in [3.05, 3.63) is 59.7 Å². The predicted molar refractivity (Wildman–Crippen MR) is 91.7 cm³/mol. The Morgan fingerprint density at radius 3 is 2.83 bits per heavy atom. The Labute approximate surface area is 136 Å². The lowest BCUT2D eigenvalue weighted by Crippen LogP contribution is -2.35. The fourth-order valence-electron chi connectivity index (χ4n) is 3.12. The molecule has 0 heterocycles. The molecule has 0 bridgehead atoms. The van der Waals surface area contributed by atoms with Crippen LogP contribution in [0, 0.1) is 0 Å². The zero-order valence-corrected chi connectivity index (χ0v) is 13.3. The van der Waals surface area contributed by atoms with E-state index in [2.05, 4.69) is 28.8 Å². The van der Waals surface area contributed by atoms with Crippen molar-refractivity contribution in [2.75, 3.05) is 19.0 Å². The third kappa shape index (κ3) is 3.65. The number of anilines is 1. The van der Waals surface area contributed by atoms with Crippen molar-refractivity contribution >= 4 is 11.6 Å². The number of fused-ring (bicyclic) bond motifs is 1. The highest BCUT2D eigenvalue weighted by Gasteiger charge is 2.21. The molecular weight excluding hydrogens is 288 g/mol. The summed E-state index contributed by atoms with van der Waals surface area (Å²) in [7, 11) is 1.62. The number of ether oxygens (including phenoxy) is 1. The summed E-state index contributed by atoms with van der Waals surface area (Å²) in [5, 5.41) is 6.28. The molecule has 2 N–H and O–H groups in total. The first-order valence-electron chi connectivity index (χ1n) is 8.02. The number of para-hydroxylation sites is 2. The van der Waals surface area contributed by atoms with E-state index in [1.807, 2.05) is 30.3 Å². The van der Waals surface area contributed by atoms with Crippen molar-refractivity contribution in [1.29, 1.82) is 0 Å². The maximum Gasteiger partial charge on any atom is 0.239 e. The number of aryl methyl sites for hydroxylation is 1. The number of hydrogen-bond donors (Lipinski definition) is 2. The topological polar surface area (TPSA) is 50.4 Å². The molecule has 3 rings (SSSR count). The molecule has 0 radical (unpaired) electrons. The lowest BCUT2D eigenvalue weighted by atomic mass is 9.88. The Bertz CT molecular complexity index is 685. The van der Waals surface area contributed by atoms with Crippen molar-refractivity contribution in [3.8, 4) is 5.75 Å². The van der Waals surface area contributed by atoms with Crippen LogP contribution in [0.25, 0.3) is 0 Å². The molecule has 1 amide bonds. The molecule has 4 nitrogen and oxygen atoms in total. The van der Waals surface area contributed by atoms with Crippen LogP contribution < -0.4 is 15.4 Å². The van der Waals surface area contributed by atoms with Gasteiger partial charge >= 0.3 is 0 Å². The predicted octanol–water partition coefficient (Wildman–Crippen LogP) is 3.30. The number of benzene rings is 2. The van der Waals surface area contributed by atoms with Gasteiger partial charge in [-0.25, -0.2) is 0 Å². The van der Waals surface area contributed by atoms with Gasteiger partial charge in [-0.2, -0.15) is 0 Å². The third-order valence-corrected chi connectivity index (χ3v) is 4.25. The number of hydrogen-bond acceptors (Lipinski definition) is 3. The maximum absolute atomic E-state index is 12.3. The highest BCUT2D eigenvalue weighted by atomic mass is 16.5. The Balaban J connectivity index is 1.60. The first kappa shape index (κ1) is 15.4. The summed E-state index contributed by atoms with van der Waals surface area (Å²) in [4.78, 5) is 12.3. The SMILES string of the molecule is COc1ccccc1NCC(=O)NC1CCCc2ccccc21. The zero-order chi connectivity index (χ0) is 16.1. The molecule has 0 saturated heterocycles. The number of methoxy groups -OCH3 is 1. The fourth-order valence-corrected chi connectivity index (χ4v) is 3.12. The van der Waals surface area contributed by atoms with E-state index in [0.29, 0.717) is 0 Å². The summed E-state index contributed by atoms with van der Waals surface area (Å²) in [6.07, 6.45) is 3.21. The summed E-state index contributed by atoms with van der Waals surface area (Å²) in [5.74, 6) is 0.737. The smallest absolute Gasteiger partial charge is 0.239 e. The lowest BCUT2D eigenvalue weighted by Gasteiger charge is -2.26. The van der Waals surface area contributed by atoms with Gasteiger partial charge < -0.3 is 15.4 Å². The number of carbonyl (C=O) groups excluding carboxylic acids is 1. The van der Waals surface area contributed by atoms with E-state index in [4.69, 9.17) is 4.74 Å². The van der Waals surface area contributed by atoms with E-state index in [-0.39, 0.29) is 18.5 Å². The highest BCUT2D eigenvalue weighted by molar-refractivity contribution is 5.81. The minimum atomic E-state index is -0.00221. The van der Waals surface area contributed by atoms with Crippen LogP contribution in [0.3, 0.4) is 0 Å². The van der Waals surface area contributed by atoms with E-state index in [1.54, 1.807) is 7.11 Å². The van der Waals surface area contributed by atoms with Gasteiger partial charge in [0.2, 0.25) is 5.91 Å². The average molecular weight is 310 g/mol. The van der Waals surface area contributed by atoms with Gasteiger partial charge in [0.1, 0.15) is 5.75 Å². The second kappa shape index (κ2) is 7.18. The Hall–Kier alpha value is -2.49. The van der Waals surface area contributed by atoms with Crippen LogP contribution in [0.2, 0.25) is 0 Å². The van der Waals surface area contributed by atoms with Gasteiger partial charge in [-0.3, -0.25) is 4.79 Å². The fraction of sp³-hybridized carbons (Fsp3) is 0.316. The van der Waals surface area contributed by atoms with Crippen molar-refractivity contribution < 1.29 is 9.53 Å². The van der Waals surface area contributed by atoms with Gasteiger partial charge in [0, 0.05) is 0 Å². The molecule has 0 fully saturated rings. The van der Waals surface area contributed by atoms with Gasteiger partial charge in [0.15, 0.2) is 0 Å². The van der Waals surface area contributed by atoms with Gasteiger partial charge in [0.05, 0.1) is 25.4 Å². The van der Waals surface area contributed by atoms with Crippen LogP contribution in [0.5, 0.6) is 5.75 Å². The maximum atomic E-state index is 12.3. The molecule has 0 spiro atoms. The lowest BCUT2D eigenvalue weighted by molar-refractivity contribution is -0.120. The van der Waals surface area contributed by atoms with Gasteiger partial charge in [-0.1, -0.05) is 36.4 Å². The Kier molecular flexibility index (Phi) is 4.81. The van der Waals surface area contributed by atoms with E-state index >= 15 is 0 Å². The standard InChI is InChI=1S/C19H22N2O2/c1-23-18-12-5-4-10-17(18)20-13-19(22)21-16-11-6-8-14-7-2-3-9-15(14)16/h2-5,7,9-10,12,16,20H,6,8,11,13H2,1H3,(H,21,22). The molecule has 1 atom stereocenters. The van der Waals surface area contributed by atoms with E-state index in [9.17, 15) is 4.79 Å². The first-order chi connectivity index (χ1) is 11.3. The molecule has 23 heavy (non-hydrogen) atoms. The van der Waals surface area contributed by atoms with E-state index < -0.39 is 0 Å². The van der Waals surface area contributed by atoms with Gasteiger partial charge in [0.25, 0.3) is 0 Å². The Morgan fingerprint density at radius 1 is 1.17 bits per heavy atom. The summed E-state index contributed by atoms with van der Waals surface area (Å²) in [5.41, 5.74) is 3.43. The molecule has 0 saturated carbocycles. The van der Waals surface area contributed by atoms with E-state index in [1.165, 1.54) is 11.1 Å². The second-order valence-electron chi connectivity index (χ2n) is 5.76. The number of nitrogens with one attached hydrogen (secondary N) is 2. The molecule has 1 unspecified atom stereocenters. The number of carbonyl (C=O) groups is 1. The summed E-state index contributed by atoms with van der Waals surface area (Å²) in [6, 6.07) is 16.1. The molecule has 2 aromatic rings. The number of amides is 1. The molecule has 2 aromatic carbocycles. The van der Waals surface area contributed by atoms with Crippen LogP contribution in [-0.4, -0.2) is 19.6 Å². The van der Waals surface area contributed by atoms with Crippen molar-refractivity contribution in [2.24, 2.45) is 0 Å². The van der Waals surface area contributed by atoms with Crippen LogP contribution in [0.15, 0.2) is 48.5 Å². The second-order valence-corrected chi connectivity index (χ2v) is 5.76. The van der Waals surface area contributed by atoms with Gasteiger partial charge in [-0.15, -0.1) is 0 Å². The molecule has 0 aliphatic heterocycles. The quantitative estimate of drug-likeness (QED) is 0.891. The number of rotatable bonds is 5. The third-order valence-electron chi connectivity index (χ3n) is 4.25. The minimum Gasteiger partial charge on any atom is -0.495 e. The van der Waals surface area contributed by atoms with Crippen LogP contribution in [-0.2, 0) is 11.2 Å². The first-order valence-corrected chi connectivity index (χ1v) is 8.02. The van der Waals surface area contributed by atoms with Crippen LogP contribution in [0.4, 0.5) is 5.69 Å². The zero-order valence-electron chi connectivity index (χ0n) is 13.3. The van der Waals surface area contributed by atoms with Crippen molar-refractivity contribution in [3.63, 3.8) is 0 Å². The summed E-state index contributed by atoms with van der Waals surface area (Å²) in [6.45, 7) is 0.235. The summed E-state index contributed by atoms with van der Waals surface area (Å²) >= 11 is 0. The monoisotopic (exact) mass is 310 g/mol. The Morgan fingerprint density at radius 2 is 1.96 bits per heavy atom. The molecule has 120 valence electrons. The summed E-state index contributed by atoms with van der Waals surface area (Å²) < 4.78 is 5.28. The van der Waals surface area contributed by atoms with Crippen molar-refractivity contribution in [2.45, 2.75) is 25.3 Å². The molecule has 1 aliphatic rings. The highest BCUT2D eigenvalue weighted by Crippen LogP contribution is 2.29. The van der Waals surface area contributed by atoms with Crippen LogP contribution in [0.1, 0.15) is 30.0 Å². The van der Waals surface area contributed by atoms with Gasteiger partial charge in [-0.05, 0) is 42.5 Å².